The maximum absolute atomic E-state index is 12.4. The summed E-state index contributed by atoms with van der Waals surface area (Å²) >= 11 is 4.80. The molecule has 1 heterocycles. The average molecular weight is 487 g/mol. The number of carbonyl (C=O) groups is 1. The normalized spacial score (nSPS) is 10.6. The SMILES string of the molecule is C=CCn1c(COc2cccc(C)c2)nnc1SCC(=O)Nc1ccc(C)cc1Br. The van der Waals surface area contributed by atoms with E-state index in [-0.39, 0.29) is 18.3 Å². The molecule has 0 radical (unpaired) electrons. The number of hydrogen-bond acceptors (Lipinski definition) is 5. The van der Waals surface area contributed by atoms with Crippen molar-refractivity contribution >= 4 is 39.3 Å². The number of carbonyl (C=O) groups excluding carboxylic acids is 1. The van der Waals surface area contributed by atoms with Crippen LogP contribution in [-0.2, 0) is 17.9 Å². The van der Waals surface area contributed by atoms with Crippen LogP contribution in [0.25, 0.3) is 0 Å². The summed E-state index contributed by atoms with van der Waals surface area (Å²) in [5, 5.41) is 12.0. The van der Waals surface area contributed by atoms with Crippen molar-refractivity contribution in [2.75, 3.05) is 11.1 Å². The van der Waals surface area contributed by atoms with Gasteiger partial charge in [0.05, 0.1) is 11.4 Å². The molecule has 3 rings (SSSR count). The summed E-state index contributed by atoms with van der Waals surface area (Å²) in [7, 11) is 0. The fourth-order valence-corrected chi connectivity index (χ4v) is 4.09. The smallest absolute Gasteiger partial charge is 0.234 e. The Balaban J connectivity index is 1.62. The van der Waals surface area contributed by atoms with Crippen LogP contribution in [0, 0.1) is 13.8 Å². The number of benzene rings is 2. The molecular formula is C22H23BrN4O2S. The van der Waals surface area contributed by atoms with Crippen LogP contribution in [0.3, 0.4) is 0 Å². The average Bonchev–Trinajstić information content (AvgIpc) is 3.09. The van der Waals surface area contributed by atoms with Crippen molar-refractivity contribution < 1.29 is 9.53 Å². The topological polar surface area (TPSA) is 69.0 Å². The molecule has 0 aliphatic carbocycles. The highest BCUT2D eigenvalue weighted by Gasteiger charge is 2.15. The third-order valence-electron chi connectivity index (χ3n) is 4.19. The molecule has 0 unspecified atom stereocenters. The molecular weight excluding hydrogens is 464 g/mol. The summed E-state index contributed by atoms with van der Waals surface area (Å²) in [6, 6.07) is 13.6. The van der Waals surface area contributed by atoms with Gasteiger partial charge in [-0.1, -0.05) is 36.0 Å². The molecule has 1 N–H and O–H groups in total. The van der Waals surface area contributed by atoms with E-state index in [2.05, 4.69) is 38.0 Å². The Morgan fingerprint density at radius 3 is 2.77 bits per heavy atom. The number of anilines is 1. The Morgan fingerprint density at radius 2 is 2.03 bits per heavy atom. The summed E-state index contributed by atoms with van der Waals surface area (Å²) in [5.74, 6) is 1.56. The Kier molecular flexibility index (Phi) is 7.70. The minimum Gasteiger partial charge on any atom is -0.486 e. The highest BCUT2D eigenvalue weighted by Crippen LogP contribution is 2.24. The van der Waals surface area contributed by atoms with Gasteiger partial charge in [-0.3, -0.25) is 9.36 Å². The first-order valence-corrected chi connectivity index (χ1v) is 11.2. The van der Waals surface area contributed by atoms with Gasteiger partial charge in [-0.25, -0.2) is 0 Å². The van der Waals surface area contributed by atoms with Crippen molar-refractivity contribution in [3.05, 3.63) is 76.5 Å². The number of nitrogens with zero attached hydrogens (tertiary/aromatic N) is 3. The van der Waals surface area contributed by atoms with Crippen LogP contribution >= 0.6 is 27.7 Å². The zero-order valence-electron chi connectivity index (χ0n) is 16.9. The molecule has 156 valence electrons. The molecule has 0 bridgehead atoms. The fraction of sp³-hybridized carbons (Fsp3) is 0.227. The van der Waals surface area contributed by atoms with E-state index in [0.717, 1.165) is 27.0 Å². The highest BCUT2D eigenvalue weighted by molar-refractivity contribution is 9.10. The van der Waals surface area contributed by atoms with Gasteiger partial charge in [0.1, 0.15) is 12.4 Å². The van der Waals surface area contributed by atoms with Crippen molar-refractivity contribution in [1.29, 1.82) is 0 Å². The van der Waals surface area contributed by atoms with Gasteiger partial charge in [-0.15, -0.1) is 16.8 Å². The number of thioether (sulfide) groups is 1. The lowest BCUT2D eigenvalue weighted by Crippen LogP contribution is -2.15. The van der Waals surface area contributed by atoms with Gasteiger partial charge in [-0.05, 0) is 65.2 Å². The molecule has 0 aliphatic heterocycles. The van der Waals surface area contributed by atoms with Gasteiger partial charge < -0.3 is 10.1 Å². The molecule has 0 fully saturated rings. The highest BCUT2D eigenvalue weighted by atomic mass is 79.9. The largest absolute Gasteiger partial charge is 0.486 e. The predicted octanol–water partition coefficient (Wildman–Crippen LogP) is 5.15. The fourth-order valence-electron chi connectivity index (χ4n) is 2.74. The van der Waals surface area contributed by atoms with E-state index in [9.17, 15) is 4.79 Å². The number of rotatable bonds is 9. The van der Waals surface area contributed by atoms with Crippen LogP contribution < -0.4 is 10.1 Å². The number of allylic oxidation sites excluding steroid dienone is 1. The van der Waals surface area contributed by atoms with E-state index >= 15 is 0 Å². The summed E-state index contributed by atoms with van der Waals surface area (Å²) in [4.78, 5) is 12.4. The Morgan fingerprint density at radius 1 is 1.23 bits per heavy atom. The van der Waals surface area contributed by atoms with Crippen LogP contribution in [0.2, 0.25) is 0 Å². The first-order valence-electron chi connectivity index (χ1n) is 9.37. The summed E-state index contributed by atoms with van der Waals surface area (Å²) in [6.07, 6.45) is 1.77. The van der Waals surface area contributed by atoms with E-state index in [0.29, 0.717) is 17.5 Å². The standard InChI is InChI=1S/C22H23BrN4O2S/c1-4-10-27-20(13-29-17-7-5-6-15(2)11-17)25-26-22(27)30-14-21(28)24-19-9-8-16(3)12-18(19)23/h4-9,11-12H,1,10,13-14H2,2-3H3,(H,24,28). The molecule has 2 aromatic carbocycles. The van der Waals surface area contributed by atoms with Gasteiger partial charge in [0, 0.05) is 11.0 Å². The molecule has 8 heteroatoms. The van der Waals surface area contributed by atoms with Gasteiger partial charge >= 0.3 is 0 Å². The van der Waals surface area contributed by atoms with Crippen molar-refractivity contribution in [3.63, 3.8) is 0 Å². The number of nitrogens with one attached hydrogen (secondary N) is 1. The Bertz CT molecular complexity index is 1050. The van der Waals surface area contributed by atoms with Crippen LogP contribution in [0.1, 0.15) is 17.0 Å². The second-order valence-corrected chi connectivity index (χ2v) is 8.52. The van der Waals surface area contributed by atoms with Crippen LogP contribution in [0.5, 0.6) is 5.75 Å². The van der Waals surface area contributed by atoms with Crippen molar-refractivity contribution in [2.24, 2.45) is 0 Å². The first kappa shape index (κ1) is 22.1. The number of halogens is 1. The van der Waals surface area contributed by atoms with Crippen molar-refractivity contribution in [1.82, 2.24) is 14.8 Å². The Hall–Kier alpha value is -2.58. The van der Waals surface area contributed by atoms with Crippen LogP contribution in [-0.4, -0.2) is 26.4 Å². The number of ether oxygens (including phenoxy) is 1. The molecule has 0 saturated heterocycles. The quantitative estimate of drug-likeness (QED) is 0.334. The molecule has 0 saturated carbocycles. The van der Waals surface area contributed by atoms with Crippen LogP contribution in [0.4, 0.5) is 5.69 Å². The van der Waals surface area contributed by atoms with E-state index in [1.807, 2.05) is 60.9 Å². The lowest BCUT2D eigenvalue weighted by atomic mass is 10.2. The molecule has 0 atom stereocenters. The summed E-state index contributed by atoms with van der Waals surface area (Å²) < 4.78 is 8.61. The number of amides is 1. The predicted molar refractivity (Wildman–Crippen MR) is 124 cm³/mol. The maximum Gasteiger partial charge on any atom is 0.234 e. The van der Waals surface area contributed by atoms with Crippen LogP contribution in [0.15, 0.2) is 64.7 Å². The third-order valence-corrected chi connectivity index (χ3v) is 5.82. The Labute approximate surface area is 188 Å². The van der Waals surface area contributed by atoms with E-state index in [4.69, 9.17) is 4.74 Å². The number of aryl methyl sites for hydroxylation is 2. The number of hydrogen-bond donors (Lipinski definition) is 1. The monoisotopic (exact) mass is 486 g/mol. The lowest BCUT2D eigenvalue weighted by Gasteiger charge is -2.10. The van der Waals surface area contributed by atoms with Crippen molar-refractivity contribution in [2.45, 2.75) is 32.2 Å². The molecule has 1 amide bonds. The third kappa shape index (κ3) is 5.96. The van der Waals surface area contributed by atoms with Gasteiger partial charge in [-0.2, -0.15) is 0 Å². The molecule has 1 aromatic heterocycles. The molecule has 0 spiro atoms. The van der Waals surface area contributed by atoms with Gasteiger partial charge in [0.25, 0.3) is 0 Å². The molecule has 3 aromatic rings. The van der Waals surface area contributed by atoms with E-state index < -0.39 is 0 Å². The summed E-state index contributed by atoms with van der Waals surface area (Å²) in [6.45, 7) is 8.64. The minimum atomic E-state index is -0.115. The zero-order valence-corrected chi connectivity index (χ0v) is 19.3. The molecule has 0 aliphatic rings. The number of aromatic nitrogens is 3. The molecule has 6 nitrogen and oxygen atoms in total. The minimum absolute atomic E-state index is 0.115. The maximum atomic E-state index is 12.4. The lowest BCUT2D eigenvalue weighted by molar-refractivity contribution is -0.113. The second-order valence-electron chi connectivity index (χ2n) is 6.72. The van der Waals surface area contributed by atoms with Gasteiger partial charge in [0.2, 0.25) is 5.91 Å². The zero-order chi connectivity index (χ0) is 21.5. The first-order chi connectivity index (χ1) is 14.5. The summed E-state index contributed by atoms with van der Waals surface area (Å²) in [5.41, 5.74) is 2.99. The molecule has 30 heavy (non-hydrogen) atoms. The van der Waals surface area contributed by atoms with Gasteiger partial charge in [0.15, 0.2) is 11.0 Å². The van der Waals surface area contributed by atoms with E-state index in [1.165, 1.54) is 11.8 Å². The van der Waals surface area contributed by atoms with E-state index in [1.54, 1.807) is 6.08 Å². The second kappa shape index (κ2) is 10.4. The van der Waals surface area contributed by atoms with Crippen molar-refractivity contribution in [3.8, 4) is 5.75 Å².